The van der Waals surface area contributed by atoms with Gasteiger partial charge < -0.3 is 0 Å². The van der Waals surface area contributed by atoms with Crippen LogP contribution in [0.3, 0.4) is 0 Å². The van der Waals surface area contributed by atoms with Crippen LogP contribution in [-0.4, -0.2) is 30.2 Å². The molecule has 0 aliphatic heterocycles. The minimum Gasteiger partial charge on any atom is -0.229 e. The molecule has 2 aromatic carbocycles. The van der Waals surface area contributed by atoms with Crippen molar-refractivity contribution in [3.63, 3.8) is 0 Å². The Hall–Kier alpha value is -2.81. The van der Waals surface area contributed by atoms with E-state index in [0.717, 1.165) is 32.1 Å². The summed E-state index contributed by atoms with van der Waals surface area (Å²) in [6.45, 7) is 2.05. The Labute approximate surface area is 179 Å². The molecular formula is C20H13ClN6S2. The zero-order valence-electron chi connectivity index (χ0n) is 15.2. The van der Waals surface area contributed by atoms with E-state index in [2.05, 4.69) is 30.9 Å². The van der Waals surface area contributed by atoms with Crippen molar-refractivity contribution in [2.75, 3.05) is 0 Å². The quantitative estimate of drug-likeness (QED) is 0.349. The van der Waals surface area contributed by atoms with E-state index < -0.39 is 0 Å². The van der Waals surface area contributed by atoms with Gasteiger partial charge in [-0.05, 0) is 58.9 Å². The number of fused-ring (bicyclic) bond motifs is 1. The molecule has 0 N–H and O–H groups in total. The van der Waals surface area contributed by atoms with Gasteiger partial charge in [0.1, 0.15) is 16.2 Å². The monoisotopic (exact) mass is 436 g/mol. The maximum atomic E-state index is 6.05. The Morgan fingerprint density at radius 3 is 2.59 bits per heavy atom. The van der Waals surface area contributed by atoms with Gasteiger partial charge in [-0.1, -0.05) is 41.4 Å². The molecule has 5 rings (SSSR count). The maximum Gasteiger partial charge on any atom is 0.220 e. The summed E-state index contributed by atoms with van der Waals surface area (Å²) in [5.74, 6) is 0. The number of hydrogen-bond donors (Lipinski definition) is 0. The number of rotatable bonds is 4. The van der Waals surface area contributed by atoms with Crippen molar-refractivity contribution in [1.29, 1.82) is 0 Å². The van der Waals surface area contributed by atoms with Crippen LogP contribution in [0.5, 0.6) is 0 Å². The first-order valence-electron chi connectivity index (χ1n) is 8.70. The topological polar surface area (TPSA) is 69.4 Å². The lowest BCUT2D eigenvalue weighted by molar-refractivity contribution is 0.756. The van der Waals surface area contributed by atoms with Crippen molar-refractivity contribution in [3.05, 3.63) is 70.8 Å². The summed E-state index contributed by atoms with van der Waals surface area (Å²) in [7, 11) is 0. The van der Waals surface area contributed by atoms with Gasteiger partial charge in [-0.3, -0.25) is 0 Å². The number of benzene rings is 2. The second-order valence-corrected chi connectivity index (χ2v) is 8.58. The molecule has 0 aliphatic rings. The molecule has 0 fully saturated rings. The van der Waals surface area contributed by atoms with E-state index in [1.807, 2.05) is 55.5 Å². The fourth-order valence-electron chi connectivity index (χ4n) is 2.94. The summed E-state index contributed by atoms with van der Waals surface area (Å²) in [4.78, 5) is 9.88. The zero-order valence-corrected chi connectivity index (χ0v) is 17.5. The highest BCUT2D eigenvalue weighted by Crippen LogP contribution is 2.40. The number of thiophene rings is 1. The van der Waals surface area contributed by atoms with Crippen LogP contribution in [0.25, 0.3) is 27.0 Å². The SMILES string of the molecule is Cc1ccc(-n2nnnc2Sc2ncnc3scc(-c4ccc(Cl)cc4)c23)cc1. The summed E-state index contributed by atoms with van der Waals surface area (Å²) in [5, 5.41) is 17.5. The molecule has 0 aliphatic carbocycles. The average molecular weight is 437 g/mol. The van der Waals surface area contributed by atoms with Gasteiger partial charge in [-0.25, -0.2) is 9.97 Å². The minimum atomic E-state index is 0.641. The average Bonchev–Trinajstić information content (AvgIpc) is 3.37. The molecule has 6 nitrogen and oxygen atoms in total. The Morgan fingerprint density at radius 2 is 1.79 bits per heavy atom. The Balaban J connectivity index is 1.59. The van der Waals surface area contributed by atoms with Crippen molar-refractivity contribution in [2.45, 2.75) is 17.1 Å². The van der Waals surface area contributed by atoms with Crippen LogP contribution in [0.15, 0.2) is 70.4 Å². The number of hydrogen-bond acceptors (Lipinski definition) is 7. The number of aryl methyl sites for hydroxylation is 1. The van der Waals surface area contributed by atoms with Crippen LogP contribution < -0.4 is 0 Å². The third-order valence-corrected chi connectivity index (χ3v) is 6.48. The first-order valence-corrected chi connectivity index (χ1v) is 10.8. The smallest absolute Gasteiger partial charge is 0.220 e. The molecule has 0 spiro atoms. The van der Waals surface area contributed by atoms with E-state index >= 15 is 0 Å². The van der Waals surface area contributed by atoms with E-state index in [1.165, 1.54) is 17.3 Å². The Morgan fingerprint density at radius 1 is 1.00 bits per heavy atom. The van der Waals surface area contributed by atoms with Gasteiger partial charge in [0.25, 0.3) is 0 Å². The van der Waals surface area contributed by atoms with Crippen LogP contribution in [0.2, 0.25) is 5.02 Å². The van der Waals surface area contributed by atoms with Gasteiger partial charge in [0, 0.05) is 16.0 Å². The predicted molar refractivity (Wildman–Crippen MR) is 116 cm³/mol. The van der Waals surface area contributed by atoms with Crippen molar-refractivity contribution in [2.24, 2.45) is 0 Å². The van der Waals surface area contributed by atoms with Crippen molar-refractivity contribution >= 4 is 44.9 Å². The van der Waals surface area contributed by atoms with Crippen LogP contribution in [-0.2, 0) is 0 Å². The number of aromatic nitrogens is 6. The lowest BCUT2D eigenvalue weighted by atomic mass is 10.1. The molecule has 0 amide bonds. The molecule has 0 saturated carbocycles. The lowest BCUT2D eigenvalue weighted by Gasteiger charge is -2.06. The lowest BCUT2D eigenvalue weighted by Crippen LogP contribution is -1.99. The summed E-state index contributed by atoms with van der Waals surface area (Å²) in [6.07, 6.45) is 1.58. The molecule has 0 radical (unpaired) electrons. The second kappa shape index (κ2) is 7.55. The first kappa shape index (κ1) is 18.2. The molecule has 5 aromatic rings. The fraction of sp³-hybridized carbons (Fsp3) is 0.0500. The highest BCUT2D eigenvalue weighted by Gasteiger charge is 2.17. The molecule has 3 heterocycles. The highest BCUT2D eigenvalue weighted by molar-refractivity contribution is 7.99. The molecule has 0 unspecified atom stereocenters. The van der Waals surface area contributed by atoms with Crippen molar-refractivity contribution in [1.82, 2.24) is 30.2 Å². The summed E-state index contributed by atoms with van der Waals surface area (Å²) in [5.41, 5.74) is 4.21. The maximum absolute atomic E-state index is 6.05. The number of nitrogens with zero attached hydrogens (tertiary/aromatic N) is 6. The van der Waals surface area contributed by atoms with Gasteiger partial charge in [-0.15, -0.1) is 16.4 Å². The second-order valence-electron chi connectivity index (χ2n) is 6.33. The van der Waals surface area contributed by atoms with Gasteiger partial charge >= 0.3 is 0 Å². The normalized spacial score (nSPS) is 11.2. The Kier molecular flexibility index (Phi) is 4.75. The molecular weight excluding hydrogens is 424 g/mol. The van der Waals surface area contributed by atoms with E-state index in [1.54, 1.807) is 22.3 Å². The van der Waals surface area contributed by atoms with E-state index in [0.29, 0.717) is 10.2 Å². The van der Waals surface area contributed by atoms with Gasteiger partial charge in [0.15, 0.2) is 0 Å². The van der Waals surface area contributed by atoms with E-state index in [4.69, 9.17) is 11.6 Å². The Bertz CT molecular complexity index is 1300. The van der Waals surface area contributed by atoms with Gasteiger partial charge in [0.2, 0.25) is 5.16 Å². The fourth-order valence-corrected chi connectivity index (χ4v) is 4.94. The zero-order chi connectivity index (χ0) is 19.8. The first-order chi connectivity index (χ1) is 14.2. The third kappa shape index (κ3) is 3.50. The third-order valence-electron chi connectivity index (χ3n) is 4.40. The van der Waals surface area contributed by atoms with Crippen molar-refractivity contribution < 1.29 is 0 Å². The van der Waals surface area contributed by atoms with Crippen LogP contribution in [0.4, 0.5) is 0 Å². The summed E-state index contributed by atoms with van der Waals surface area (Å²) in [6, 6.07) is 15.8. The summed E-state index contributed by atoms with van der Waals surface area (Å²) >= 11 is 9.06. The molecule has 29 heavy (non-hydrogen) atoms. The molecule has 0 bridgehead atoms. The number of halogens is 1. The van der Waals surface area contributed by atoms with Crippen LogP contribution >= 0.6 is 34.7 Å². The minimum absolute atomic E-state index is 0.641. The molecule has 3 aromatic heterocycles. The molecule has 0 saturated heterocycles. The molecule has 142 valence electrons. The van der Waals surface area contributed by atoms with Crippen molar-refractivity contribution in [3.8, 4) is 16.8 Å². The van der Waals surface area contributed by atoms with Crippen LogP contribution in [0, 0.1) is 6.92 Å². The van der Waals surface area contributed by atoms with Gasteiger partial charge in [-0.2, -0.15) is 4.68 Å². The van der Waals surface area contributed by atoms with E-state index in [-0.39, 0.29) is 0 Å². The summed E-state index contributed by atoms with van der Waals surface area (Å²) < 4.78 is 1.71. The standard InChI is InChI=1S/C20H13ClN6S2/c1-12-2-8-15(9-3-12)27-20(24-25-26-27)29-19-17-16(10-28-18(17)22-11-23-19)13-4-6-14(21)7-5-13/h2-11H,1H3. The van der Waals surface area contributed by atoms with E-state index in [9.17, 15) is 0 Å². The van der Waals surface area contributed by atoms with Gasteiger partial charge in [0.05, 0.1) is 11.1 Å². The molecule has 9 heteroatoms. The van der Waals surface area contributed by atoms with Crippen LogP contribution in [0.1, 0.15) is 5.56 Å². The number of tetrazole rings is 1. The highest BCUT2D eigenvalue weighted by atomic mass is 35.5. The molecule has 0 atom stereocenters. The predicted octanol–water partition coefficient (Wildman–Crippen LogP) is 5.45. The largest absolute Gasteiger partial charge is 0.229 e.